The predicted octanol–water partition coefficient (Wildman–Crippen LogP) is 3.12. The molecule has 1 aromatic rings. The van der Waals surface area contributed by atoms with E-state index in [0.717, 1.165) is 32.5 Å². The second kappa shape index (κ2) is 8.56. The number of anilines is 1. The summed E-state index contributed by atoms with van der Waals surface area (Å²) in [5.41, 5.74) is 2.44. The normalized spacial score (nSPS) is 22.1. The maximum Gasteiger partial charge on any atom is 0.317 e. The number of aliphatic hydroxyl groups is 1. The Kier molecular flexibility index (Phi) is 6.19. The van der Waals surface area contributed by atoms with E-state index in [1.165, 1.54) is 30.5 Å². The van der Waals surface area contributed by atoms with E-state index in [9.17, 15) is 9.90 Å². The van der Waals surface area contributed by atoms with Crippen LogP contribution in [-0.2, 0) is 6.54 Å². The minimum Gasteiger partial charge on any atom is -0.393 e. The number of nitrogens with zero attached hydrogens (tertiary/aromatic N) is 2. The van der Waals surface area contributed by atoms with Gasteiger partial charge in [-0.25, -0.2) is 4.79 Å². The first-order valence-corrected chi connectivity index (χ1v) is 9.70. The fraction of sp³-hybridized carbons (Fsp3) is 0.650. The van der Waals surface area contributed by atoms with Gasteiger partial charge in [-0.3, -0.25) is 0 Å². The van der Waals surface area contributed by atoms with Crippen molar-refractivity contribution in [2.24, 2.45) is 0 Å². The van der Waals surface area contributed by atoms with Crippen molar-refractivity contribution in [1.82, 2.24) is 10.2 Å². The van der Waals surface area contributed by atoms with E-state index in [1.54, 1.807) is 6.92 Å². The Labute approximate surface area is 151 Å². The van der Waals surface area contributed by atoms with Crippen molar-refractivity contribution >= 4 is 11.7 Å². The van der Waals surface area contributed by atoms with Crippen molar-refractivity contribution in [2.75, 3.05) is 24.5 Å². The molecule has 5 nitrogen and oxygen atoms in total. The number of carbonyl (C=O) groups is 1. The molecule has 25 heavy (non-hydrogen) atoms. The molecule has 2 amide bonds. The molecular weight excluding hydrogens is 314 g/mol. The summed E-state index contributed by atoms with van der Waals surface area (Å²) in [7, 11) is 0. The number of likely N-dealkylation sites (tertiary alicyclic amines) is 1. The summed E-state index contributed by atoms with van der Waals surface area (Å²) in [5.74, 6) is 0. The smallest absolute Gasteiger partial charge is 0.317 e. The molecule has 0 radical (unpaired) electrons. The molecule has 0 aliphatic carbocycles. The zero-order valence-corrected chi connectivity index (χ0v) is 15.3. The van der Waals surface area contributed by atoms with E-state index >= 15 is 0 Å². The molecule has 2 saturated heterocycles. The van der Waals surface area contributed by atoms with E-state index in [-0.39, 0.29) is 18.2 Å². The number of aliphatic hydroxyl groups excluding tert-OH is 1. The Bertz CT molecular complexity index is 570. The van der Waals surface area contributed by atoms with Gasteiger partial charge in [0.1, 0.15) is 0 Å². The zero-order chi connectivity index (χ0) is 17.6. The molecule has 138 valence electrons. The van der Waals surface area contributed by atoms with Crippen molar-refractivity contribution < 1.29 is 9.90 Å². The van der Waals surface area contributed by atoms with Crippen LogP contribution >= 0.6 is 0 Å². The van der Waals surface area contributed by atoms with Crippen LogP contribution in [0.1, 0.15) is 51.0 Å². The van der Waals surface area contributed by atoms with Crippen molar-refractivity contribution in [3.8, 4) is 0 Å². The highest BCUT2D eigenvalue weighted by Gasteiger charge is 2.29. The summed E-state index contributed by atoms with van der Waals surface area (Å²) in [5, 5.41) is 12.7. The standard InChI is InChI=1S/C20H31N3O2/c1-16(24)14-18-9-7-13-23(18)20(25)21-15-17-8-3-4-10-19(17)22-11-5-2-6-12-22/h3-4,8,10,16,18,24H,2,5-7,9,11-15H2,1H3,(H,21,25). The van der Waals surface area contributed by atoms with E-state index in [1.807, 2.05) is 11.0 Å². The summed E-state index contributed by atoms with van der Waals surface area (Å²) in [4.78, 5) is 17.0. The topological polar surface area (TPSA) is 55.8 Å². The van der Waals surface area contributed by atoms with E-state index in [0.29, 0.717) is 13.0 Å². The van der Waals surface area contributed by atoms with Gasteiger partial charge in [0, 0.05) is 37.9 Å². The summed E-state index contributed by atoms with van der Waals surface area (Å²) in [6.07, 6.45) is 6.12. The van der Waals surface area contributed by atoms with Crippen molar-refractivity contribution in [3.63, 3.8) is 0 Å². The first-order valence-electron chi connectivity index (χ1n) is 9.70. The van der Waals surface area contributed by atoms with Gasteiger partial charge in [0.15, 0.2) is 0 Å². The predicted molar refractivity (Wildman–Crippen MR) is 101 cm³/mol. The fourth-order valence-electron chi connectivity index (χ4n) is 4.12. The molecule has 0 aromatic heterocycles. The van der Waals surface area contributed by atoms with Crippen LogP contribution in [0.25, 0.3) is 0 Å². The van der Waals surface area contributed by atoms with Crippen molar-refractivity contribution in [2.45, 2.75) is 64.1 Å². The number of hydrogen-bond donors (Lipinski definition) is 2. The highest BCUT2D eigenvalue weighted by molar-refractivity contribution is 5.75. The molecule has 2 atom stereocenters. The molecule has 0 spiro atoms. The third kappa shape index (κ3) is 4.66. The van der Waals surface area contributed by atoms with Gasteiger partial charge >= 0.3 is 6.03 Å². The van der Waals surface area contributed by atoms with Crippen LogP contribution in [0.5, 0.6) is 0 Å². The van der Waals surface area contributed by atoms with Crippen LogP contribution in [0.3, 0.4) is 0 Å². The largest absolute Gasteiger partial charge is 0.393 e. The van der Waals surface area contributed by atoms with Gasteiger partial charge in [-0.1, -0.05) is 18.2 Å². The average molecular weight is 345 g/mol. The average Bonchev–Trinajstić information content (AvgIpc) is 3.08. The minimum atomic E-state index is -0.363. The molecule has 5 heteroatoms. The number of carbonyl (C=O) groups excluding carboxylic acids is 1. The van der Waals surface area contributed by atoms with Crippen LogP contribution in [0, 0.1) is 0 Å². The molecule has 1 aromatic carbocycles. The molecular formula is C20H31N3O2. The maximum atomic E-state index is 12.6. The Morgan fingerprint density at radius 1 is 1.20 bits per heavy atom. The lowest BCUT2D eigenvalue weighted by Crippen LogP contribution is -2.43. The van der Waals surface area contributed by atoms with Crippen molar-refractivity contribution in [3.05, 3.63) is 29.8 Å². The summed E-state index contributed by atoms with van der Waals surface area (Å²) < 4.78 is 0. The van der Waals surface area contributed by atoms with Gasteiger partial charge in [0.2, 0.25) is 0 Å². The maximum absolute atomic E-state index is 12.6. The van der Waals surface area contributed by atoms with Crippen LogP contribution in [-0.4, -0.2) is 47.8 Å². The number of para-hydroxylation sites is 1. The van der Waals surface area contributed by atoms with Crippen LogP contribution in [0.2, 0.25) is 0 Å². The number of piperidine rings is 1. The lowest BCUT2D eigenvalue weighted by atomic mass is 10.1. The second-order valence-corrected chi connectivity index (χ2v) is 7.41. The van der Waals surface area contributed by atoms with E-state index in [4.69, 9.17) is 0 Å². The SMILES string of the molecule is CC(O)CC1CCCN1C(=O)NCc1ccccc1N1CCCCC1. The molecule has 0 saturated carbocycles. The number of urea groups is 1. The first kappa shape index (κ1) is 18.1. The molecule has 2 heterocycles. The Morgan fingerprint density at radius 3 is 2.72 bits per heavy atom. The molecule has 2 aliphatic heterocycles. The first-order chi connectivity index (χ1) is 12.1. The van der Waals surface area contributed by atoms with Crippen LogP contribution in [0.15, 0.2) is 24.3 Å². The molecule has 2 aliphatic rings. The molecule has 0 bridgehead atoms. The number of hydrogen-bond acceptors (Lipinski definition) is 3. The number of rotatable bonds is 5. The van der Waals surface area contributed by atoms with Crippen LogP contribution < -0.4 is 10.2 Å². The zero-order valence-electron chi connectivity index (χ0n) is 15.3. The van der Waals surface area contributed by atoms with Gasteiger partial charge in [-0.15, -0.1) is 0 Å². The van der Waals surface area contributed by atoms with Crippen molar-refractivity contribution in [1.29, 1.82) is 0 Å². The molecule has 2 unspecified atom stereocenters. The van der Waals surface area contributed by atoms with E-state index < -0.39 is 0 Å². The molecule has 3 rings (SSSR count). The van der Waals surface area contributed by atoms with Gasteiger partial charge in [0.05, 0.1) is 6.10 Å². The summed E-state index contributed by atoms with van der Waals surface area (Å²) in [6.45, 7) is 5.35. The quantitative estimate of drug-likeness (QED) is 0.862. The lowest BCUT2D eigenvalue weighted by Gasteiger charge is -2.31. The minimum absolute atomic E-state index is 0.00315. The summed E-state index contributed by atoms with van der Waals surface area (Å²) in [6, 6.07) is 8.56. The number of nitrogens with one attached hydrogen (secondary N) is 1. The Morgan fingerprint density at radius 2 is 1.96 bits per heavy atom. The third-order valence-corrected chi connectivity index (χ3v) is 5.37. The van der Waals surface area contributed by atoms with Crippen LogP contribution in [0.4, 0.5) is 10.5 Å². The third-order valence-electron chi connectivity index (χ3n) is 5.37. The van der Waals surface area contributed by atoms with Gasteiger partial charge in [-0.05, 0) is 57.1 Å². The number of benzene rings is 1. The highest BCUT2D eigenvalue weighted by atomic mass is 16.3. The number of amides is 2. The molecule has 2 N–H and O–H groups in total. The Hall–Kier alpha value is -1.75. The van der Waals surface area contributed by atoms with Gasteiger partial charge < -0.3 is 20.2 Å². The van der Waals surface area contributed by atoms with Gasteiger partial charge in [-0.2, -0.15) is 0 Å². The highest BCUT2D eigenvalue weighted by Crippen LogP contribution is 2.25. The fourth-order valence-corrected chi connectivity index (χ4v) is 4.12. The van der Waals surface area contributed by atoms with E-state index in [2.05, 4.69) is 28.4 Å². The lowest BCUT2D eigenvalue weighted by molar-refractivity contribution is 0.138. The summed E-state index contributed by atoms with van der Waals surface area (Å²) >= 11 is 0. The second-order valence-electron chi connectivity index (χ2n) is 7.41. The van der Waals surface area contributed by atoms with Gasteiger partial charge in [0.25, 0.3) is 0 Å². The monoisotopic (exact) mass is 345 g/mol. The Balaban J connectivity index is 1.60. The molecule has 2 fully saturated rings.